The minimum atomic E-state index is 0. The Kier molecular flexibility index (Phi) is 11.0. The Hall–Kier alpha value is -6.06. The van der Waals surface area contributed by atoms with Gasteiger partial charge in [0.2, 0.25) is 0 Å². The Morgan fingerprint density at radius 1 is 0.444 bits per heavy atom. The number of aromatic nitrogens is 3. The summed E-state index contributed by atoms with van der Waals surface area (Å²) in [4.78, 5) is 13.6. The molecular weight excluding hydrogens is 835 g/mol. The van der Waals surface area contributed by atoms with E-state index in [0.29, 0.717) is 0 Å². The maximum atomic E-state index is 4.77. The van der Waals surface area contributed by atoms with Crippen LogP contribution in [0, 0.1) is 32.9 Å². The van der Waals surface area contributed by atoms with Crippen LogP contribution in [0.2, 0.25) is 0 Å². The van der Waals surface area contributed by atoms with Crippen molar-refractivity contribution in [1.29, 1.82) is 0 Å². The van der Waals surface area contributed by atoms with Crippen molar-refractivity contribution in [2.75, 3.05) is 0 Å². The van der Waals surface area contributed by atoms with Crippen molar-refractivity contribution in [2.24, 2.45) is 0 Å². The summed E-state index contributed by atoms with van der Waals surface area (Å²) in [6.07, 6.45) is 5.53. The predicted octanol–water partition coefficient (Wildman–Crippen LogP) is 12.7. The van der Waals surface area contributed by atoms with E-state index in [-0.39, 0.29) is 20.1 Å². The molecule has 4 heteroatoms. The summed E-state index contributed by atoms with van der Waals surface area (Å²) < 4.78 is 0. The van der Waals surface area contributed by atoms with Crippen LogP contribution in [0.25, 0.3) is 77.6 Å². The number of pyridine rings is 3. The zero-order chi connectivity index (χ0) is 36.1. The molecule has 54 heavy (non-hydrogen) atoms. The summed E-state index contributed by atoms with van der Waals surface area (Å²) in [6.45, 7) is 6.54. The first-order valence-corrected chi connectivity index (χ1v) is 17.8. The molecule has 0 N–H and O–H groups in total. The summed E-state index contributed by atoms with van der Waals surface area (Å²) in [5.74, 6) is 0. The molecule has 6 aromatic carbocycles. The second-order valence-electron chi connectivity index (χ2n) is 13.3. The summed E-state index contributed by atoms with van der Waals surface area (Å²) in [7, 11) is 0. The largest absolute Gasteiger partial charge is 0.305 e. The molecule has 0 saturated carbocycles. The quantitative estimate of drug-likeness (QED) is 0.128. The van der Waals surface area contributed by atoms with Crippen molar-refractivity contribution in [3.8, 4) is 55.9 Å². The normalized spacial score (nSPS) is 10.7. The Morgan fingerprint density at radius 2 is 1.24 bits per heavy atom. The number of rotatable bonds is 5. The first kappa shape index (κ1) is 36.3. The molecular formula is C50H37IrN3-2. The van der Waals surface area contributed by atoms with Gasteiger partial charge in [0.1, 0.15) is 0 Å². The van der Waals surface area contributed by atoms with Crippen LogP contribution < -0.4 is 0 Å². The molecule has 0 fully saturated rings. The maximum absolute atomic E-state index is 4.77. The maximum Gasteiger partial charge on any atom is 0.0714 e. The predicted molar refractivity (Wildman–Crippen MR) is 220 cm³/mol. The molecule has 0 saturated heterocycles. The summed E-state index contributed by atoms with van der Waals surface area (Å²) in [5, 5.41) is 3.62. The fourth-order valence-corrected chi connectivity index (χ4v) is 7.12. The summed E-state index contributed by atoms with van der Waals surface area (Å²) >= 11 is 0. The third kappa shape index (κ3) is 7.54. The van der Waals surface area contributed by atoms with Gasteiger partial charge < -0.3 is 9.97 Å². The van der Waals surface area contributed by atoms with E-state index in [1.807, 2.05) is 73.1 Å². The average Bonchev–Trinajstić information content (AvgIpc) is 3.22. The van der Waals surface area contributed by atoms with E-state index >= 15 is 0 Å². The average molecular weight is 872 g/mol. The van der Waals surface area contributed by atoms with Crippen molar-refractivity contribution in [3.63, 3.8) is 0 Å². The minimum absolute atomic E-state index is 0. The van der Waals surface area contributed by atoms with Gasteiger partial charge in [-0.25, -0.2) is 0 Å². The summed E-state index contributed by atoms with van der Waals surface area (Å²) in [6, 6.07) is 59.1. The Bertz CT molecular complexity index is 2650. The zero-order valence-corrected chi connectivity index (χ0v) is 32.7. The van der Waals surface area contributed by atoms with Gasteiger partial charge in [-0.05, 0) is 112 Å². The molecule has 1 radical (unpaired) electrons. The van der Waals surface area contributed by atoms with Crippen molar-refractivity contribution >= 4 is 21.7 Å². The van der Waals surface area contributed by atoms with Gasteiger partial charge in [-0.1, -0.05) is 84.4 Å². The molecule has 0 spiro atoms. The molecule has 0 atom stereocenters. The van der Waals surface area contributed by atoms with E-state index in [4.69, 9.17) is 4.98 Å². The SMILES string of the molecule is Cc1ccnc(-c2[c-]ccc(-c3c(C)ccc(-c4cc5ncccc5c5ccc(-c6ccccc6)cc45)c3C)c2)c1.[Ir].[c-]1ccccc1-c1ccccn1. The van der Waals surface area contributed by atoms with Gasteiger partial charge in [0.05, 0.1) is 5.52 Å². The topological polar surface area (TPSA) is 38.7 Å². The Labute approximate surface area is 330 Å². The fourth-order valence-electron chi connectivity index (χ4n) is 7.12. The van der Waals surface area contributed by atoms with Gasteiger partial charge >= 0.3 is 0 Å². The van der Waals surface area contributed by atoms with E-state index in [2.05, 4.69) is 134 Å². The monoisotopic (exact) mass is 872 g/mol. The van der Waals surface area contributed by atoms with Crippen molar-refractivity contribution in [1.82, 2.24) is 15.0 Å². The molecule has 0 bridgehead atoms. The molecule has 3 heterocycles. The van der Waals surface area contributed by atoms with Gasteiger partial charge in [-0.2, -0.15) is 0 Å². The van der Waals surface area contributed by atoms with Crippen LogP contribution in [0.3, 0.4) is 0 Å². The second-order valence-corrected chi connectivity index (χ2v) is 13.3. The first-order chi connectivity index (χ1) is 26.0. The van der Waals surface area contributed by atoms with Gasteiger partial charge in [-0.15, -0.1) is 71.3 Å². The standard InChI is InChI=1S/C39H29N2.C11H8N.Ir/c1-25-18-20-41-37(21-25)30-11-7-12-31(22-30)39-26(2)14-16-32(27(39)3)36-24-38-34(13-8-19-40-38)33-17-15-29(23-35(33)36)28-9-5-4-6-10-28;1-2-6-10(7-3-1)11-8-4-5-9-12-11;/h4-10,12-24H,1-3H3;1-6,8-9H;/q2*-1;. The third-order valence-electron chi connectivity index (χ3n) is 9.72. The number of benzene rings is 6. The number of nitrogens with zero attached hydrogens (tertiary/aromatic N) is 3. The second kappa shape index (κ2) is 16.3. The van der Waals surface area contributed by atoms with Gasteiger partial charge in [0.15, 0.2) is 0 Å². The van der Waals surface area contributed by atoms with Crippen LogP contribution >= 0.6 is 0 Å². The van der Waals surface area contributed by atoms with Crippen LogP contribution in [0.15, 0.2) is 170 Å². The van der Waals surface area contributed by atoms with Crippen molar-refractivity contribution in [2.45, 2.75) is 20.8 Å². The molecule has 0 amide bonds. The number of hydrogen-bond donors (Lipinski definition) is 0. The van der Waals surface area contributed by atoms with Gasteiger partial charge in [-0.3, -0.25) is 4.98 Å². The number of hydrogen-bond acceptors (Lipinski definition) is 3. The molecule has 9 aromatic rings. The first-order valence-electron chi connectivity index (χ1n) is 17.8. The third-order valence-corrected chi connectivity index (χ3v) is 9.72. The van der Waals surface area contributed by atoms with E-state index in [1.54, 1.807) is 6.20 Å². The number of aryl methyl sites for hydroxylation is 2. The summed E-state index contributed by atoms with van der Waals surface area (Å²) in [5.41, 5.74) is 15.9. The molecule has 3 nitrogen and oxygen atoms in total. The zero-order valence-electron chi connectivity index (χ0n) is 30.3. The number of fused-ring (bicyclic) bond motifs is 3. The van der Waals surface area contributed by atoms with E-state index in [1.165, 1.54) is 66.2 Å². The fraction of sp³-hybridized carbons (Fsp3) is 0.0600. The molecule has 0 unspecified atom stereocenters. The van der Waals surface area contributed by atoms with Gasteiger partial charge in [0.25, 0.3) is 0 Å². The van der Waals surface area contributed by atoms with E-state index in [9.17, 15) is 0 Å². The van der Waals surface area contributed by atoms with E-state index in [0.717, 1.165) is 28.0 Å². The van der Waals surface area contributed by atoms with Crippen molar-refractivity contribution < 1.29 is 20.1 Å². The molecule has 0 aliphatic carbocycles. The molecule has 0 aliphatic rings. The van der Waals surface area contributed by atoms with Crippen LogP contribution in [0.5, 0.6) is 0 Å². The molecule has 9 rings (SSSR count). The molecule has 263 valence electrons. The van der Waals surface area contributed by atoms with Crippen LogP contribution in [-0.4, -0.2) is 15.0 Å². The molecule has 0 aliphatic heterocycles. The van der Waals surface area contributed by atoms with Crippen LogP contribution in [0.1, 0.15) is 16.7 Å². The van der Waals surface area contributed by atoms with Crippen LogP contribution in [-0.2, 0) is 20.1 Å². The van der Waals surface area contributed by atoms with Crippen LogP contribution in [0.4, 0.5) is 0 Å². The Morgan fingerprint density at radius 3 is 2.04 bits per heavy atom. The minimum Gasteiger partial charge on any atom is -0.305 e. The van der Waals surface area contributed by atoms with Gasteiger partial charge in [0, 0.05) is 44.1 Å². The smallest absolute Gasteiger partial charge is 0.0714 e. The molecule has 3 aromatic heterocycles. The Balaban J connectivity index is 0.000000294. The van der Waals surface area contributed by atoms with Crippen molar-refractivity contribution in [3.05, 3.63) is 199 Å². The van der Waals surface area contributed by atoms with E-state index < -0.39 is 0 Å².